The Labute approximate surface area is 146 Å². The number of aliphatic hydroxyl groups is 1. The van der Waals surface area contributed by atoms with Gasteiger partial charge in [0.15, 0.2) is 0 Å². The third kappa shape index (κ3) is 2.77. The standard InChI is InChI=1S/C18H12N2O2S2/c21-13(11-6-2-1-3-7-11)10-15-20-17(22)16(24-15)18-19-12-8-4-5-9-14(12)23-18/h1-10,21-22H. The fourth-order valence-corrected chi connectivity index (χ4v) is 4.24. The summed E-state index contributed by atoms with van der Waals surface area (Å²) in [6.45, 7) is 0. The van der Waals surface area contributed by atoms with Gasteiger partial charge in [-0.05, 0) is 12.1 Å². The highest BCUT2D eigenvalue weighted by molar-refractivity contribution is 7.25. The number of para-hydroxylation sites is 1. The van der Waals surface area contributed by atoms with Crippen LogP contribution in [0.3, 0.4) is 0 Å². The average molecular weight is 352 g/mol. The largest absolute Gasteiger partial charge is 0.507 e. The highest BCUT2D eigenvalue weighted by Gasteiger charge is 2.16. The van der Waals surface area contributed by atoms with E-state index in [0.29, 0.717) is 15.4 Å². The van der Waals surface area contributed by atoms with Crippen molar-refractivity contribution in [3.05, 3.63) is 65.2 Å². The number of nitrogens with zero attached hydrogens (tertiary/aromatic N) is 2. The Morgan fingerprint density at radius 3 is 2.46 bits per heavy atom. The second-order valence-electron chi connectivity index (χ2n) is 5.09. The monoisotopic (exact) mass is 352 g/mol. The van der Waals surface area contributed by atoms with Gasteiger partial charge in [0.05, 0.1) is 10.2 Å². The molecule has 0 radical (unpaired) electrons. The molecule has 2 heterocycles. The number of rotatable bonds is 3. The van der Waals surface area contributed by atoms with Crippen LogP contribution in [0.15, 0.2) is 54.6 Å². The molecule has 0 unspecified atom stereocenters. The Kier molecular flexibility index (Phi) is 3.76. The van der Waals surface area contributed by atoms with Gasteiger partial charge < -0.3 is 10.2 Å². The Morgan fingerprint density at radius 1 is 0.917 bits per heavy atom. The van der Waals surface area contributed by atoms with Crippen LogP contribution in [0.25, 0.3) is 31.9 Å². The van der Waals surface area contributed by atoms with E-state index in [1.165, 1.54) is 22.7 Å². The zero-order valence-electron chi connectivity index (χ0n) is 12.4. The Morgan fingerprint density at radius 2 is 1.67 bits per heavy atom. The zero-order valence-corrected chi connectivity index (χ0v) is 14.0. The minimum absolute atomic E-state index is 0.0637. The van der Waals surface area contributed by atoms with Gasteiger partial charge >= 0.3 is 0 Å². The number of aromatic nitrogens is 2. The predicted molar refractivity (Wildman–Crippen MR) is 99.3 cm³/mol. The van der Waals surface area contributed by atoms with Crippen LogP contribution in [0, 0.1) is 0 Å². The molecule has 2 aromatic heterocycles. The van der Waals surface area contributed by atoms with Gasteiger partial charge in [-0.1, -0.05) is 42.5 Å². The zero-order chi connectivity index (χ0) is 16.5. The third-order valence-electron chi connectivity index (χ3n) is 3.44. The second-order valence-corrected chi connectivity index (χ2v) is 7.15. The lowest BCUT2D eigenvalue weighted by Gasteiger charge is -1.97. The summed E-state index contributed by atoms with van der Waals surface area (Å²) in [5, 5.41) is 21.6. The van der Waals surface area contributed by atoms with Crippen molar-refractivity contribution in [2.75, 3.05) is 0 Å². The van der Waals surface area contributed by atoms with Gasteiger partial charge in [-0.2, -0.15) is 0 Å². The summed E-state index contributed by atoms with van der Waals surface area (Å²) in [6, 6.07) is 17.1. The van der Waals surface area contributed by atoms with Crippen molar-refractivity contribution in [2.45, 2.75) is 0 Å². The van der Waals surface area contributed by atoms with E-state index < -0.39 is 0 Å². The van der Waals surface area contributed by atoms with Crippen LogP contribution in [-0.4, -0.2) is 20.2 Å². The lowest BCUT2D eigenvalue weighted by molar-refractivity contribution is 0.459. The molecule has 0 spiro atoms. The van der Waals surface area contributed by atoms with Crippen molar-refractivity contribution in [2.24, 2.45) is 0 Å². The van der Waals surface area contributed by atoms with E-state index in [9.17, 15) is 10.2 Å². The van der Waals surface area contributed by atoms with Crippen LogP contribution in [0.5, 0.6) is 5.88 Å². The fraction of sp³-hybridized carbons (Fsp3) is 0. The normalized spacial score (nSPS) is 11.9. The van der Waals surface area contributed by atoms with Crippen LogP contribution in [0.1, 0.15) is 10.6 Å². The number of aliphatic hydroxyl groups excluding tert-OH is 1. The van der Waals surface area contributed by atoms with E-state index in [4.69, 9.17) is 0 Å². The van der Waals surface area contributed by atoms with E-state index in [0.717, 1.165) is 15.2 Å². The molecule has 0 aliphatic rings. The molecule has 4 aromatic rings. The Balaban J connectivity index is 1.72. The van der Waals surface area contributed by atoms with Crippen LogP contribution >= 0.6 is 22.7 Å². The maximum Gasteiger partial charge on any atom is 0.233 e. The van der Waals surface area contributed by atoms with Crippen LogP contribution in [0.4, 0.5) is 0 Å². The van der Waals surface area contributed by atoms with Crippen LogP contribution in [0.2, 0.25) is 0 Å². The van der Waals surface area contributed by atoms with E-state index in [2.05, 4.69) is 9.97 Å². The summed E-state index contributed by atoms with van der Waals surface area (Å²) >= 11 is 2.81. The molecule has 2 N–H and O–H groups in total. The van der Waals surface area contributed by atoms with Crippen molar-refractivity contribution < 1.29 is 10.2 Å². The molecule has 0 aliphatic carbocycles. The van der Waals surface area contributed by atoms with E-state index in [1.54, 1.807) is 6.08 Å². The molecule has 6 heteroatoms. The van der Waals surface area contributed by atoms with Gasteiger partial charge in [0, 0.05) is 11.6 Å². The number of fused-ring (bicyclic) bond motifs is 1. The van der Waals surface area contributed by atoms with Crippen molar-refractivity contribution in [3.63, 3.8) is 0 Å². The minimum atomic E-state index is -0.0637. The molecule has 0 aliphatic heterocycles. The van der Waals surface area contributed by atoms with Gasteiger partial charge in [0.2, 0.25) is 5.88 Å². The molecule has 4 nitrogen and oxygen atoms in total. The molecule has 2 aromatic carbocycles. The molecule has 118 valence electrons. The molecular weight excluding hydrogens is 340 g/mol. The van der Waals surface area contributed by atoms with Gasteiger partial charge in [-0.3, -0.25) is 0 Å². The molecule has 0 saturated carbocycles. The summed E-state index contributed by atoms with van der Waals surface area (Å²) < 4.78 is 1.06. The number of benzene rings is 2. The first-order valence-corrected chi connectivity index (χ1v) is 8.86. The first-order chi connectivity index (χ1) is 11.7. The number of aromatic hydroxyl groups is 1. The molecule has 0 amide bonds. The minimum Gasteiger partial charge on any atom is -0.507 e. The quantitative estimate of drug-likeness (QED) is 0.499. The summed E-state index contributed by atoms with van der Waals surface area (Å²) in [5.74, 6) is 0.0476. The molecule has 4 rings (SSSR count). The van der Waals surface area contributed by atoms with Gasteiger partial charge in [0.1, 0.15) is 20.7 Å². The van der Waals surface area contributed by atoms with Crippen LogP contribution < -0.4 is 0 Å². The summed E-state index contributed by atoms with van der Waals surface area (Å²) in [7, 11) is 0. The fourth-order valence-electron chi connectivity index (χ4n) is 2.31. The number of thiazole rings is 2. The van der Waals surface area contributed by atoms with E-state index in [-0.39, 0.29) is 11.6 Å². The number of hydrogen-bond acceptors (Lipinski definition) is 6. The highest BCUT2D eigenvalue weighted by Crippen LogP contribution is 2.39. The van der Waals surface area contributed by atoms with Gasteiger partial charge in [-0.15, -0.1) is 22.7 Å². The maximum atomic E-state index is 10.2. The summed E-state index contributed by atoms with van der Waals surface area (Å²) in [4.78, 5) is 9.28. The predicted octanol–water partition coefficient (Wildman–Crippen LogP) is 5.18. The van der Waals surface area contributed by atoms with Crippen LogP contribution in [-0.2, 0) is 0 Å². The van der Waals surface area contributed by atoms with Gasteiger partial charge in [-0.25, -0.2) is 9.97 Å². The van der Waals surface area contributed by atoms with Crippen molar-refractivity contribution in [3.8, 4) is 15.8 Å². The van der Waals surface area contributed by atoms with Crippen molar-refractivity contribution in [1.29, 1.82) is 0 Å². The molecule has 0 atom stereocenters. The highest BCUT2D eigenvalue weighted by atomic mass is 32.1. The lowest BCUT2D eigenvalue weighted by Crippen LogP contribution is -1.81. The van der Waals surface area contributed by atoms with E-state index >= 15 is 0 Å². The first-order valence-electron chi connectivity index (χ1n) is 7.22. The van der Waals surface area contributed by atoms with Gasteiger partial charge in [0.25, 0.3) is 0 Å². The van der Waals surface area contributed by atoms with Crippen molar-refractivity contribution >= 4 is 44.7 Å². The van der Waals surface area contributed by atoms with E-state index in [1.807, 2.05) is 54.6 Å². The molecular formula is C18H12N2O2S2. The molecule has 24 heavy (non-hydrogen) atoms. The average Bonchev–Trinajstić information content (AvgIpc) is 3.18. The Hall–Kier alpha value is -2.70. The topological polar surface area (TPSA) is 66.2 Å². The summed E-state index contributed by atoms with van der Waals surface area (Å²) in [6.07, 6.45) is 1.55. The van der Waals surface area contributed by atoms with Crippen molar-refractivity contribution in [1.82, 2.24) is 9.97 Å². The third-order valence-corrected chi connectivity index (χ3v) is 5.63. The molecule has 0 saturated heterocycles. The maximum absolute atomic E-state index is 10.2. The Bertz CT molecular complexity index is 1000. The molecule has 0 bridgehead atoms. The molecule has 0 fully saturated rings. The summed E-state index contributed by atoms with van der Waals surface area (Å²) in [5.41, 5.74) is 1.60. The second kappa shape index (κ2) is 6.07. The lowest BCUT2D eigenvalue weighted by atomic mass is 10.2. The number of hydrogen-bond donors (Lipinski definition) is 2. The SMILES string of the molecule is OC(=Cc1nc(O)c(-c2nc3ccccc3s2)s1)c1ccccc1. The smallest absolute Gasteiger partial charge is 0.233 e. The first kappa shape index (κ1) is 14.9.